The lowest BCUT2D eigenvalue weighted by Crippen LogP contribution is -2.35. The first-order valence-electron chi connectivity index (χ1n) is 5.92. The Labute approximate surface area is 96.4 Å². The van der Waals surface area contributed by atoms with Crippen LogP contribution in [0.15, 0.2) is 30.3 Å². The molecule has 1 aliphatic rings. The predicted octanol–water partition coefficient (Wildman–Crippen LogP) is 3.23. The van der Waals surface area contributed by atoms with Gasteiger partial charge in [-0.3, -0.25) is 0 Å². The van der Waals surface area contributed by atoms with Crippen molar-refractivity contribution in [3.8, 4) is 0 Å². The Hall–Kier alpha value is -1.15. The highest BCUT2D eigenvalue weighted by Crippen LogP contribution is 2.17. The Bertz CT molecular complexity index is 373. The predicted molar refractivity (Wildman–Crippen MR) is 65.6 cm³/mol. The summed E-state index contributed by atoms with van der Waals surface area (Å²) in [6, 6.07) is 7.27. The first-order valence-corrected chi connectivity index (χ1v) is 5.92. The molecule has 1 saturated heterocycles. The normalized spacial score (nSPS) is 26.1. The molecule has 0 amide bonds. The zero-order valence-electron chi connectivity index (χ0n) is 9.62. The van der Waals surface area contributed by atoms with Gasteiger partial charge in [0.2, 0.25) is 0 Å². The summed E-state index contributed by atoms with van der Waals surface area (Å²) in [5, 5.41) is 3.43. The van der Waals surface area contributed by atoms with E-state index in [0.717, 1.165) is 18.9 Å². The van der Waals surface area contributed by atoms with E-state index in [9.17, 15) is 4.39 Å². The van der Waals surface area contributed by atoms with Crippen molar-refractivity contribution in [2.24, 2.45) is 5.92 Å². The van der Waals surface area contributed by atoms with Crippen LogP contribution in [-0.2, 0) is 0 Å². The van der Waals surface area contributed by atoms with Crippen molar-refractivity contribution in [1.82, 2.24) is 5.32 Å². The zero-order valence-corrected chi connectivity index (χ0v) is 9.62. The van der Waals surface area contributed by atoms with Crippen LogP contribution >= 0.6 is 0 Å². The van der Waals surface area contributed by atoms with E-state index < -0.39 is 0 Å². The summed E-state index contributed by atoms with van der Waals surface area (Å²) >= 11 is 0. The number of nitrogens with one attached hydrogen (secondary N) is 1. The fourth-order valence-electron chi connectivity index (χ4n) is 2.13. The molecule has 1 aromatic rings. The molecule has 2 heteroatoms. The molecule has 1 fully saturated rings. The molecule has 1 N–H and O–H groups in total. The molecule has 0 bridgehead atoms. The van der Waals surface area contributed by atoms with Crippen molar-refractivity contribution in [3.05, 3.63) is 41.7 Å². The van der Waals surface area contributed by atoms with Crippen LogP contribution in [0.1, 0.15) is 25.3 Å². The molecule has 0 saturated carbocycles. The Balaban J connectivity index is 2.01. The fraction of sp³-hybridized carbons (Fsp3) is 0.429. The summed E-state index contributed by atoms with van der Waals surface area (Å²) in [6.45, 7) is 3.33. The molecule has 0 aromatic heterocycles. The van der Waals surface area contributed by atoms with Gasteiger partial charge in [-0.15, -0.1) is 0 Å². The average Bonchev–Trinajstić information content (AvgIpc) is 2.28. The number of hydrogen-bond acceptors (Lipinski definition) is 1. The maximum Gasteiger partial charge on any atom is 0.130 e. The maximum absolute atomic E-state index is 13.3. The molecule has 2 atom stereocenters. The fourth-order valence-corrected chi connectivity index (χ4v) is 2.13. The second kappa shape index (κ2) is 5.26. The topological polar surface area (TPSA) is 12.0 Å². The number of benzene rings is 1. The van der Waals surface area contributed by atoms with Crippen molar-refractivity contribution < 1.29 is 4.39 Å². The van der Waals surface area contributed by atoms with E-state index in [0.29, 0.717) is 11.6 Å². The van der Waals surface area contributed by atoms with Crippen LogP contribution in [0.5, 0.6) is 0 Å². The molecule has 2 rings (SSSR count). The molecule has 0 spiro atoms. The minimum atomic E-state index is -0.150. The summed E-state index contributed by atoms with van der Waals surface area (Å²) < 4.78 is 13.3. The molecular formula is C14H18FN. The highest BCUT2D eigenvalue weighted by atomic mass is 19.1. The minimum Gasteiger partial charge on any atom is -0.310 e. The third kappa shape index (κ3) is 2.92. The van der Waals surface area contributed by atoms with E-state index in [2.05, 4.69) is 18.3 Å². The van der Waals surface area contributed by atoms with Crippen molar-refractivity contribution in [3.63, 3.8) is 0 Å². The summed E-state index contributed by atoms with van der Waals surface area (Å²) in [4.78, 5) is 0. The van der Waals surface area contributed by atoms with Crippen molar-refractivity contribution in [1.29, 1.82) is 0 Å². The quantitative estimate of drug-likeness (QED) is 0.805. The van der Waals surface area contributed by atoms with Gasteiger partial charge in [0.1, 0.15) is 5.82 Å². The Kier molecular flexibility index (Phi) is 3.73. The molecule has 0 radical (unpaired) electrons. The van der Waals surface area contributed by atoms with E-state index in [1.807, 2.05) is 12.1 Å². The smallest absolute Gasteiger partial charge is 0.130 e. The Morgan fingerprint density at radius 1 is 1.38 bits per heavy atom. The van der Waals surface area contributed by atoms with Gasteiger partial charge in [0.15, 0.2) is 0 Å². The molecular weight excluding hydrogens is 201 g/mol. The highest BCUT2D eigenvalue weighted by Gasteiger charge is 2.15. The summed E-state index contributed by atoms with van der Waals surface area (Å²) in [6.07, 6.45) is 6.34. The Morgan fingerprint density at radius 3 is 2.94 bits per heavy atom. The molecule has 1 aromatic carbocycles. The van der Waals surface area contributed by atoms with Crippen LogP contribution in [0, 0.1) is 11.7 Å². The lowest BCUT2D eigenvalue weighted by molar-refractivity contribution is 0.357. The third-order valence-electron chi connectivity index (χ3n) is 3.11. The van der Waals surface area contributed by atoms with Crippen molar-refractivity contribution >= 4 is 6.08 Å². The first-order chi connectivity index (χ1) is 7.75. The monoisotopic (exact) mass is 219 g/mol. The second-order valence-electron chi connectivity index (χ2n) is 4.57. The van der Waals surface area contributed by atoms with Gasteiger partial charge in [0.05, 0.1) is 0 Å². The van der Waals surface area contributed by atoms with E-state index in [1.54, 1.807) is 12.1 Å². The minimum absolute atomic E-state index is 0.150. The van der Waals surface area contributed by atoms with Gasteiger partial charge < -0.3 is 5.32 Å². The maximum atomic E-state index is 13.3. The van der Waals surface area contributed by atoms with E-state index >= 15 is 0 Å². The number of halogens is 1. The molecule has 86 valence electrons. The van der Waals surface area contributed by atoms with Crippen LogP contribution < -0.4 is 5.32 Å². The van der Waals surface area contributed by atoms with E-state index in [-0.39, 0.29) is 5.82 Å². The lowest BCUT2D eigenvalue weighted by atomic mass is 9.94. The molecule has 1 heterocycles. The van der Waals surface area contributed by atoms with Gasteiger partial charge in [-0.1, -0.05) is 37.3 Å². The number of hydrogen-bond donors (Lipinski definition) is 1. The van der Waals surface area contributed by atoms with Gasteiger partial charge in [0.25, 0.3) is 0 Å². The van der Waals surface area contributed by atoms with Gasteiger partial charge in [0, 0.05) is 11.6 Å². The lowest BCUT2D eigenvalue weighted by Gasteiger charge is -2.25. The molecule has 2 unspecified atom stereocenters. The van der Waals surface area contributed by atoms with Crippen LogP contribution in [0.25, 0.3) is 6.08 Å². The largest absolute Gasteiger partial charge is 0.310 e. The molecule has 1 aliphatic heterocycles. The molecule has 0 aliphatic carbocycles. The SMILES string of the molecule is CC1CCNC(/C=C/c2ccccc2F)C1. The van der Waals surface area contributed by atoms with Gasteiger partial charge in [-0.2, -0.15) is 0 Å². The van der Waals surface area contributed by atoms with Gasteiger partial charge >= 0.3 is 0 Å². The highest BCUT2D eigenvalue weighted by molar-refractivity contribution is 5.50. The van der Waals surface area contributed by atoms with Gasteiger partial charge in [-0.25, -0.2) is 4.39 Å². The molecule has 1 nitrogen and oxygen atoms in total. The molecule has 16 heavy (non-hydrogen) atoms. The van der Waals surface area contributed by atoms with Crippen LogP contribution in [0.4, 0.5) is 4.39 Å². The van der Waals surface area contributed by atoms with Crippen LogP contribution in [0.2, 0.25) is 0 Å². The Morgan fingerprint density at radius 2 is 2.19 bits per heavy atom. The number of piperidine rings is 1. The first kappa shape index (κ1) is 11.3. The van der Waals surface area contributed by atoms with Crippen molar-refractivity contribution in [2.45, 2.75) is 25.8 Å². The third-order valence-corrected chi connectivity index (χ3v) is 3.11. The van der Waals surface area contributed by atoms with E-state index in [4.69, 9.17) is 0 Å². The second-order valence-corrected chi connectivity index (χ2v) is 4.57. The van der Waals surface area contributed by atoms with Gasteiger partial charge in [-0.05, 0) is 31.4 Å². The zero-order chi connectivity index (χ0) is 11.4. The van der Waals surface area contributed by atoms with E-state index in [1.165, 1.54) is 12.5 Å². The summed E-state index contributed by atoms with van der Waals surface area (Å²) in [5.74, 6) is 0.610. The van der Waals surface area contributed by atoms with Crippen molar-refractivity contribution in [2.75, 3.05) is 6.54 Å². The number of rotatable bonds is 2. The summed E-state index contributed by atoms with van der Waals surface area (Å²) in [7, 11) is 0. The van der Waals surface area contributed by atoms with Crippen LogP contribution in [0.3, 0.4) is 0 Å². The summed E-state index contributed by atoms with van der Waals surface area (Å²) in [5.41, 5.74) is 0.669. The van der Waals surface area contributed by atoms with Crippen LogP contribution in [-0.4, -0.2) is 12.6 Å². The average molecular weight is 219 g/mol. The standard InChI is InChI=1S/C14H18FN/c1-11-8-9-16-13(10-11)7-6-12-4-2-3-5-14(12)15/h2-7,11,13,16H,8-10H2,1H3/b7-6+.